The molecule has 1 aliphatic heterocycles. The molecule has 2 fully saturated rings. The maximum Gasteiger partial charge on any atom is 0.223 e. The number of carbonyl (C=O) groups is 1. The number of carbonyl (C=O) groups excluding carboxylic acids is 1. The number of allylic oxidation sites excluding steroid dienone is 1. The van der Waals surface area contributed by atoms with Crippen molar-refractivity contribution in [2.45, 2.75) is 34.1 Å². The van der Waals surface area contributed by atoms with Crippen molar-refractivity contribution in [2.24, 2.45) is 28.6 Å². The largest absolute Gasteiger partial charge is 0.356 e. The normalized spacial score (nSPS) is 30.0. The van der Waals surface area contributed by atoms with Gasteiger partial charge < -0.3 is 5.32 Å². The van der Waals surface area contributed by atoms with Gasteiger partial charge in [-0.1, -0.05) is 58.0 Å². The highest BCUT2D eigenvalue weighted by atomic mass is 16.2. The van der Waals surface area contributed by atoms with Gasteiger partial charge in [0.25, 0.3) is 0 Å². The Hall–Kier alpha value is -2.93. The van der Waals surface area contributed by atoms with Crippen LogP contribution in [0.4, 0.5) is 0 Å². The van der Waals surface area contributed by atoms with Crippen LogP contribution < -0.4 is 5.32 Å². The van der Waals surface area contributed by atoms with Crippen LogP contribution in [0.15, 0.2) is 48.7 Å². The first-order valence-corrected chi connectivity index (χ1v) is 10.7. The van der Waals surface area contributed by atoms with Crippen molar-refractivity contribution in [3.63, 3.8) is 0 Å². The van der Waals surface area contributed by atoms with E-state index < -0.39 is 0 Å². The molecule has 30 heavy (non-hydrogen) atoms. The van der Waals surface area contributed by atoms with Crippen LogP contribution in [-0.2, 0) is 4.79 Å². The second-order valence-electron chi connectivity index (χ2n) is 9.70. The highest BCUT2D eigenvalue weighted by molar-refractivity contribution is 5.81. The molecule has 4 atom stereocenters. The van der Waals surface area contributed by atoms with Crippen LogP contribution in [0.5, 0.6) is 0 Å². The van der Waals surface area contributed by atoms with E-state index in [9.17, 15) is 10.1 Å². The first-order valence-electron chi connectivity index (χ1n) is 10.7. The number of rotatable bonds is 3. The lowest BCUT2D eigenvalue weighted by Crippen LogP contribution is -2.49. The number of nitrogens with zero attached hydrogens (tertiary/aromatic N) is 2. The molecule has 154 valence electrons. The summed E-state index contributed by atoms with van der Waals surface area (Å²) in [5.41, 5.74) is 3.39. The van der Waals surface area contributed by atoms with Crippen molar-refractivity contribution in [2.75, 3.05) is 6.54 Å². The van der Waals surface area contributed by atoms with Crippen LogP contribution in [0.1, 0.15) is 45.4 Å². The molecule has 4 rings (SSSR count). The Balaban J connectivity index is 1.62. The molecular weight excluding hydrogens is 370 g/mol. The zero-order chi connectivity index (χ0) is 21.5. The smallest absolute Gasteiger partial charge is 0.223 e. The maximum absolute atomic E-state index is 12.4. The fraction of sp³-hybridized carbons (Fsp3) is 0.423. The van der Waals surface area contributed by atoms with Gasteiger partial charge in [0, 0.05) is 29.8 Å². The van der Waals surface area contributed by atoms with Gasteiger partial charge in [-0.3, -0.25) is 9.78 Å². The summed E-state index contributed by atoms with van der Waals surface area (Å²) in [6, 6.07) is 13.8. The molecular formula is C26H29N3O. The molecule has 4 heteroatoms. The summed E-state index contributed by atoms with van der Waals surface area (Å²) in [4.78, 5) is 17.0. The molecule has 0 spiro atoms. The number of nitrogens with one attached hydrogen (secondary N) is 1. The van der Waals surface area contributed by atoms with Gasteiger partial charge in [-0.15, -0.1) is 0 Å². The number of benzene rings is 1. The highest BCUT2D eigenvalue weighted by Gasteiger charge is 2.56. The van der Waals surface area contributed by atoms with E-state index in [1.165, 1.54) is 0 Å². The SMILES string of the molecule is C[C@@H]1C(C)(C)C[C@@H]2C(=O)NC[C@@H]2[C@@]1(C)/C=C/c1ccc(-c2ccccc2C#N)cn1. The second-order valence-corrected chi connectivity index (χ2v) is 9.70. The Morgan fingerprint density at radius 2 is 1.97 bits per heavy atom. The van der Waals surface area contributed by atoms with Crippen LogP contribution >= 0.6 is 0 Å². The molecule has 0 radical (unpaired) electrons. The average molecular weight is 400 g/mol. The average Bonchev–Trinajstić information content (AvgIpc) is 3.11. The second kappa shape index (κ2) is 7.40. The first kappa shape index (κ1) is 20.3. The van der Waals surface area contributed by atoms with E-state index in [0.717, 1.165) is 29.8 Å². The third-order valence-corrected chi connectivity index (χ3v) is 7.73. The summed E-state index contributed by atoms with van der Waals surface area (Å²) in [5, 5.41) is 12.4. The van der Waals surface area contributed by atoms with Crippen LogP contribution in [-0.4, -0.2) is 17.4 Å². The zero-order valence-electron chi connectivity index (χ0n) is 18.1. The monoisotopic (exact) mass is 399 g/mol. The van der Waals surface area contributed by atoms with Crippen molar-refractivity contribution in [3.8, 4) is 17.2 Å². The lowest BCUT2D eigenvalue weighted by atomic mass is 9.50. The van der Waals surface area contributed by atoms with E-state index in [1.807, 2.05) is 42.6 Å². The number of hydrogen-bond donors (Lipinski definition) is 1. The summed E-state index contributed by atoms with van der Waals surface area (Å²) in [5.74, 6) is 1.05. The lowest BCUT2D eigenvalue weighted by molar-refractivity contribution is -0.128. The van der Waals surface area contributed by atoms with Gasteiger partial charge in [-0.25, -0.2) is 0 Å². The number of pyridine rings is 1. The standard InChI is InChI=1S/C26H29N3O/c1-17-25(2,3)13-22-23(16-29-24(22)30)26(17,4)12-11-20-10-9-19(15-28-20)21-8-6-5-7-18(21)14-27/h5-12,15,17,22-23H,13,16H2,1-4H3,(H,29,30)/b12-11+/t17-,22+,23+,26+/m1/s1. The van der Waals surface area contributed by atoms with Gasteiger partial charge in [0.05, 0.1) is 17.3 Å². The number of amides is 1. The molecule has 0 unspecified atom stereocenters. The fourth-order valence-electron chi connectivity index (χ4n) is 5.49. The van der Waals surface area contributed by atoms with Crippen LogP contribution in [0.25, 0.3) is 17.2 Å². The quantitative estimate of drug-likeness (QED) is 0.784. The van der Waals surface area contributed by atoms with E-state index >= 15 is 0 Å². The van der Waals surface area contributed by atoms with Crippen LogP contribution in [0.3, 0.4) is 0 Å². The molecule has 1 aliphatic carbocycles. The third kappa shape index (κ3) is 3.33. The lowest BCUT2D eigenvalue weighted by Gasteiger charge is -2.53. The van der Waals surface area contributed by atoms with E-state index in [-0.39, 0.29) is 22.7 Å². The predicted molar refractivity (Wildman–Crippen MR) is 119 cm³/mol. The maximum atomic E-state index is 12.4. The van der Waals surface area contributed by atoms with Gasteiger partial charge in [0.15, 0.2) is 0 Å². The number of hydrogen-bond acceptors (Lipinski definition) is 3. The van der Waals surface area contributed by atoms with Gasteiger partial charge in [0.2, 0.25) is 5.91 Å². The molecule has 2 heterocycles. The molecule has 1 N–H and O–H groups in total. The van der Waals surface area contributed by atoms with Gasteiger partial charge in [-0.2, -0.15) is 5.26 Å². The summed E-state index contributed by atoms with van der Waals surface area (Å²) in [6.07, 6.45) is 7.15. The van der Waals surface area contributed by atoms with Gasteiger partial charge in [0.1, 0.15) is 0 Å². The molecule has 1 saturated heterocycles. The summed E-state index contributed by atoms with van der Waals surface area (Å²) in [7, 11) is 0. The van der Waals surface area contributed by atoms with Crippen molar-refractivity contribution in [1.29, 1.82) is 5.26 Å². The highest BCUT2D eigenvalue weighted by Crippen LogP contribution is 2.58. The third-order valence-electron chi connectivity index (χ3n) is 7.73. The fourth-order valence-corrected chi connectivity index (χ4v) is 5.49. The minimum atomic E-state index is -0.0840. The number of nitriles is 1. The van der Waals surface area contributed by atoms with Gasteiger partial charge in [-0.05, 0) is 47.3 Å². The van der Waals surface area contributed by atoms with E-state index in [1.54, 1.807) is 0 Å². The molecule has 1 saturated carbocycles. The molecule has 0 bridgehead atoms. The summed E-state index contributed by atoms with van der Waals surface area (Å²) >= 11 is 0. The molecule has 1 aromatic carbocycles. The van der Waals surface area contributed by atoms with E-state index in [2.05, 4.69) is 56.2 Å². The Bertz CT molecular complexity index is 1030. The summed E-state index contributed by atoms with van der Waals surface area (Å²) < 4.78 is 0. The molecule has 1 aromatic heterocycles. The zero-order valence-corrected chi connectivity index (χ0v) is 18.1. The Labute approximate surface area is 179 Å². The summed E-state index contributed by atoms with van der Waals surface area (Å²) in [6.45, 7) is 9.93. The molecule has 4 nitrogen and oxygen atoms in total. The molecule has 2 aliphatic rings. The predicted octanol–water partition coefficient (Wildman–Crippen LogP) is 5.07. The van der Waals surface area contributed by atoms with Crippen molar-refractivity contribution < 1.29 is 4.79 Å². The minimum absolute atomic E-state index is 0.0840. The molecule has 1 amide bonds. The van der Waals surface area contributed by atoms with Gasteiger partial charge >= 0.3 is 0 Å². The van der Waals surface area contributed by atoms with E-state index in [4.69, 9.17) is 0 Å². The molecule has 2 aromatic rings. The topological polar surface area (TPSA) is 65.8 Å². The number of aromatic nitrogens is 1. The Morgan fingerprint density at radius 1 is 1.20 bits per heavy atom. The van der Waals surface area contributed by atoms with Crippen LogP contribution in [0, 0.1) is 39.9 Å². The van der Waals surface area contributed by atoms with Crippen molar-refractivity contribution >= 4 is 12.0 Å². The minimum Gasteiger partial charge on any atom is -0.356 e. The Kier molecular flexibility index (Phi) is 5.02. The van der Waals surface area contributed by atoms with Crippen LogP contribution in [0.2, 0.25) is 0 Å². The number of fused-ring (bicyclic) bond motifs is 1. The first-order chi connectivity index (χ1) is 14.3. The van der Waals surface area contributed by atoms with E-state index in [0.29, 0.717) is 17.4 Å². The Morgan fingerprint density at radius 3 is 2.67 bits per heavy atom. The van der Waals surface area contributed by atoms with Crippen molar-refractivity contribution in [1.82, 2.24) is 10.3 Å². The van der Waals surface area contributed by atoms with Crippen molar-refractivity contribution in [3.05, 3.63) is 59.9 Å².